The number of aryl methyl sites for hydroxylation is 1. The first-order valence-electron chi connectivity index (χ1n) is 8.01. The van der Waals surface area contributed by atoms with Gasteiger partial charge in [0.2, 0.25) is 5.89 Å². The lowest BCUT2D eigenvalue weighted by Crippen LogP contribution is -2.14. The van der Waals surface area contributed by atoms with Crippen molar-refractivity contribution in [3.63, 3.8) is 0 Å². The van der Waals surface area contributed by atoms with Gasteiger partial charge in [-0.2, -0.15) is 0 Å². The Labute approximate surface area is 152 Å². The number of hydrogen-bond donors (Lipinski definition) is 1. The molecule has 27 heavy (non-hydrogen) atoms. The van der Waals surface area contributed by atoms with Crippen LogP contribution < -0.4 is 5.32 Å². The zero-order valence-electron chi connectivity index (χ0n) is 14.1. The van der Waals surface area contributed by atoms with Gasteiger partial charge in [-0.3, -0.25) is 4.79 Å². The van der Waals surface area contributed by atoms with Gasteiger partial charge in [0.25, 0.3) is 11.8 Å². The third-order valence-corrected chi connectivity index (χ3v) is 3.77. The van der Waals surface area contributed by atoms with Crippen LogP contribution >= 0.6 is 0 Å². The molecular weight excluding hydrogens is 351 g/mol. The molecule has 4 rings (SSSR count). The predicted molar refractivity (Wildman–Crippen MR) is 94.3 cm³/mol. The monoisotopic (exact) mass is 364 g/mol. The molecule has 0 radical (unpaired) electrons. The van der Waals surface area contributed by atoms with Crippen molar-refractivity contribution < 1.29 is 18.0 Å². The number of carbonyl (C=O) groups excluding carboxylic acids is 1. The largest absolute Gasteiger partial charge is 0.459 e. The minimum atomic E-state index is -0.603. The van der Waals surface area contributed by atoms with Crippen molar-refractivity contribution in [3.8, 4) is 23.1 Å². The number of rotatable bonds is 4. The highest BCUT2D eigenvalue weighted by atomic mass is 19.1. The molecule has 134 valence electrons. The topological polar surface area (TPSA) is 94.1 Å². The van der Waals surface area contributed by atoms with Crippen LogP contribution in [0.25, 0.3) is 23.1 Å². The summed E-state index contributed by atoms with van der Waals surface area (Å²) >= 11 is 0. The second-order valence-corrected chi connectivity index (χ2v) is 5.76. The maximum absolute atomic E-state index is 13.9. The van der Waals surface area contributed by atoms with E-state index in [1.165, 1.54) is 24.6 Å². The summed E-state index contributed by atoms with van der Waals surface area (Å²) in [6, 6.07) is 10.9. The molecule has 0 aliphatic carbocycles. The van der Waals surface area contributed by atoms with Gasteiger partial charge in [0.05, 0.1) is 11.8 Å². The lowest BCUT2D eigenvalue weighted by atomic mass is 10.1. The smallest absolute Gasteiger partial charge is 0.283 e. The second kappa shape index (κ2) is 6.83. The quantitative estimate of drug-likeness (QED) is 0.586. The molecule has 1 N–H and O–H groups in total. The molecule has 0 fully saturated rings. The van der Waals surface area contributed by atoms with Gasteiger partial charge in [0.1, 0.15) is 11.6 Å². The fourth-order valence-electron chi connectivity index (χ4n) is 2.47. The highest BCUT2D eigenvalue weighted by Crippen LogP contribution is 2.25. The molecule has 1 amide bonds. The summed E-state index contributed by atoms with van der Waals surface area (Å²) in [5.41, 5.74) is 1.27. The number of carbonyl (C=O) groups is 1. The van der Waals surface area contributed by atoms with Crippen molar-refractivity contribution in [1.29, 1.82) is 0 Å². The van der Waals surface area contributed by atoms with Gasteiger partial charge in [-0.05, 0) is 43.3 Å². The first kappa shape index (κ1) is 16.6. The van der Waals surface area contributed by atoms with Crippen LogP contribution in [0.15, 0.2) is 63.8 Å². The van der Waals surface area contributed by atoms with Crippen LogP contribution in [0.5, 0.6) is 0 Å². The molecule has 0 aliphatic rings. The van der Waals surface area contributed by atoms with Gasteiger partial charge in [-0.25, -0.2) is 9.37 Å². The van der Waals surface area contributed by atoms with E-state index in [9.17, 15) is 9.18 Å². The molecule has 1 aromatic carbocycles. The summed E-state index contributed by atoms with van der Waals surface area (Å²) in [7, 11) is 0. The van der Waals surface area contributed by atoms with Crippen molar-refractivity contribution in [2.75, 3.05) is 5.32 Å². The van der Waals surface area contributed by atoms with Crippen LogP contribution in [0.1, 0.15) is 15.9 Å². The number of hydrogen-bond acceptors (Lipinski definition) is 6. The zero-order chi connectivity index (χ0) is 18.8. The Kier molecular flexibility index (Phi) is 4.21. The third kappa shape index (κ3) is 3.45. The highest BCUT2D eigenvalue weighted by molar-refractivity contribution is 6.04. The Morgan fingerprint density at radius 3 is 2.78 bits per heavy atom. The normalized spacial score (nSPS) is 10.7. The van der Waals surface area contributed by atoms with E-state index in [1.54, 1.807) is 37.3 Å². The standard InChI is InChI=1S/C19H13FN4O3/c1-11-4-5-14(20)13(9-11)17(25)22-16-10-12(6-7-21-16)18-23-24-19(27-18)15-3-2-8-26-15/h2-10H,1H3,(H,21,22,25). The number of amides is 1. The fourth-order valence-corrected chi connectivity index (χ4v) is 2.47. The molecule has 0 spiro atoms. The number of furan rings is 1. The van der Waals surface area contributed by atoms with Gasteiger partial charge in [0, 0.05) is 11.8 Å². The van der Waals surface area contributed by atoms with E-state index in [1.807, 2.05) is 0 Å². The van der Waals surface area contributed by atoms with Crippen LogP contribution in [0.3, 0.4) is 0 Å². The van der Waals surface area contributed by atoms with Crippen molar-refractivity contribution >= 4 is 11.7 Å². The summed E-state index contributed by atoms with van der Waals surface area (Å²) in [5, 5.41) is 10.5. The van der Waals surface area contributed by atoms with Crippen LogP contribution in [0.4, 0.5) is 10.2 Å². The number of anilines is 1. The molecule has 0 bridgehead atoms. The SMILES string of the molecule is Cc1ccc(F)c(C(=O)Nc2cc(-c3nnc(-c4ccco4)o3)ccn2)c1. The second-order valence-electron chi connectivity index (χ2n) is 5.76. The maximum atomic E-state index is 13.9. The summed E-state index contributed by atoms with van der Waals surface area (Å²) < 4.78 is 24.7. The third-order valence-electron chi connectivity index (χ3n) is 3.77. The van der Waals surface area contributed by atoms with Gasteiger partial charge in [0.15, 0.2) is 5.76 Å². The van der Waals surface area contributed by atoms with Crippen LogP contribution in [0, 0.1) is 12.7 Å². The lowest BCUT2D eigenvalue weighted by Gasteiger charge is -2.07. The van der Waals surface area contributed by atoms with Crippen LogP contribution in [0.2, 0.25) is 0 Å². The number of nitrogens with one attached hydrogen (secondary N) is 1. The molecule has 4 aromatic rings. The molecule has 0 saturated carbocycles. The first-order valence-corrected chi connectivity index (χ1v) is 8.01. The molecule has 8 heteroatoms. The highest BCUT2D eigenvalue weighted by Gasteiger charge is 2.15. The van der Waals surface area contributed by atoms with E-state index in [0.717, 1.165) is 5.56 Å². The minimum Gasteiger partial charge on any atom is -0.459 e. The van der Waals surface area contributed by atoms with Gasteiger partial charge in [-0.15, -0.1) is 10.2 Å². The summed E-state index contributed by atoms with van der Waals surface area (Å²) in [6.45, 7) is 1.78. The van der Waals surface area contributed by atoms with E-state index in [4.69, 9.17) is 8.83 Å². The van der Waals surface area contributed by atoms with Gasteiger partial charge in [-0.1, -0.05) is 11.6 Å². The van der Waals surface area contributed by atoms with E-state index in [-0.39, 0.29) is 23.2 Å². The van der Waals surface area contributed by atoms with E-state index in [2.05, 4.69) is 20.5 Å². The summed E-state index contributed by atoms with van der Waals surface area (Å²) in [4.78, 5) is 16.4. The first-order chi connectivity index (χ1) is 13.1. The number of halogens is 1. The number of nitrogens with zero attached hydrogens (tertiary/aromatic N) is 3. The molecule has 0 atom stereocenters. The Hall–Kier alpha value is -3.81. The molecule has 3 heterocycles. The molecule has 0 aliphatic heterocycles. The zero-order valence-corrected chi connectivity index (χ0v) is 14.1. The Balaban J connectivity index is 1.58. The molecular formula is C19H13FN4O3. The fraction of sp³-hybridized carbons (Fsp3) is 0.0526. The maximum Gasteiger partial charge on any atom is 0.283 e. The van der Waals surface area contributed by atoms with Crippen molar-refractivity contribution in [2.45, 2.75) is 6.92 Å². The average molecular weight is 364 g/mol. The summed E-state index contributed by atoms with van der Waals surface area (Å²) in [6.07, 6.45) is 2.98. The van der Waals surface area contributed by atoms with Gasteiger partial charge >= 0.3 is 0 Å². The van der Waals surface area contributed by atoms with Gasteiger partial charge < -0.3 is 14.2 Å². The number of pyridine rings is 1. The average Bonchev–Trinajstić information content (AvgIpc) is 3.35. The van der Waals surface area contributed by atoms with Crippen molar-refractivity contribution in [2.24, 2.45) is 0 Å². The van der Waals surface area contributed by atoms with Crippen molar-refractivity contribution in [1.82, 2.24) is 15.2 Å². The molecule has 3 aromatic heterocycles. The molecule has 7 nitrogen and oxygen atoms in total. The predicted octanol–water partition coefficient (Wildman–Crippen LogP) is 4.09. The minimum absolute atomic E-state index is 0.0555. The van der Waals surface area contributed by atoms with E-state index in [0.29, 0.717) is 11.3 Å². The Morgan fingerprint density at radius 1 is 1.11 bits per heavy atom. The number of benzene rings is 1. The van der Waals surface area contributed by atoms with Crippen LogP contribution in [-0.2, 0) is 0 Å². The lowest BCUT2D eigenvalue weighted by molar-refractivity contribution is 0.102. The number of aromatic nitrogens is 3. The van der Waals surface area contributed by atoms with Crippen LogP contribution in [-0.4, -0.2) is 21.1 Å². The van der Waals surface area contributed by atoms with Crippen molar-refractivity contribution in [3.05, 3.63) is 71.9 Å². The molecule has 0 unspecified atom stereocenters. The Morgan fingerprint density at radius 2 is 1.96 bits per heavy atom. The molecule has 0 saturated heterocycles. The summed E-state index contributed by atoms with van der Waals surface area (Å²) in [5.74, 6) is -0.0421. The van der Waals surface area contributed by atoms with E-state index < -0.39 is 11.7 Å². The van der Waals surface area contributed by atoms with E-state index >= 15 is 0 Å². The Bertz CT molecular complexity index is 1110.